The molecule has 1 fully saturated rings. The summed E-state index contributed by atoms with van der Waals surface area (Å²) in [5.74, 6) is -1.26. The molecule has 7 nitrogen and oxygen atoms in total. The summed E-state index contributed by atoms with van der Waals surface area (Å²) in [7, 11) is 0. The number of carbonyl (C=O) groups is 1. The highest BCUT2D eigenvalue weighted by Crippen LogP contribution is 2.33. The highest BCUT2D eigenvalue weighted by Gasteiger charge is 2.35. The Labute approximate surface area is 153 Å². The molecule has 3 N–H and O–H groups in total. The zero-order valence-corrected chi connectivity index (χ0v) is 15.7. The number of nitrogens with zero attached hydrogens (tertiary/aromatic N) is 1. The average Bonchev–Trinajstić information content (AvgIpc) is 3.00. The normalized spacial score (nSPS) is 16.2. The second kappa shape index (κ2) is 8.71. The van der Waals surface area contributed by atoms with Gasteiger partial charge in [-0.3, -0.25) is 4.79 Å². The van der Waals surface area contributed by atoms with Crippen molar-refractivity contribution in [1.29, 1.82) is 0 Å². The Balaban J connectivity index is 2.12. The van der Waals surface area contributed by atoms with E-state index in [2.05, 4.69) is 24.1 Å². The van der Waals surface area contributed by atoms with Crippen molar-refractivity contribution in [2.75, 3.05) is 45.1 Å². The summed E-state index contributed by atoms with van der Waals surface area (Å²) in [6, 6.07) is 3.01. The fourth-order valence-electron chi connectivity index (χ4n) is 2.55. The van der Waals surface area contributed by atoms with Gasteiger partial charge in [0.05, 0.1) is 29.5 Å². The van der Waals surface area contributed by atoms with Gasteiger partial charge in [-0.1, -0.05) is 25.4 Å². The van der Waals surface area contributed by atoms with E-state index >= 15 is 0 Å². The van der Waals surface area contributed by atoms with E-state index in [9.17, 15) is 4.79 Å². The Morgan fingerprint density at radius 3 is 2.60 bits per heavy atom. The molecule has 8 heteroatoms. The Kier molecular flexibility index (Phi) is 6.89. The molecule has 1 amide bonds. The molecule has 140 valence electrons. The van der Waals surface area contributed by atoms with Crippen molar-refractivity contribution in [2.24, 2.45) is 0 Å². The van der Waals surface area contributed by atoms with Gasteiger partial charge in [0.2, 0.25) is 0 Å². The van der Waals surface area contributed by atoms with Crippen molar-refractivity contribution in [3.05, 3.63) is 22.7 Å². The lowest BCUT2D eigenvalue weighted by atomic mass is 10.1. The van der Waals surface area contributed by atoms with Gasteiger partial charge >= 0.3 is 5.97 Å². The van der Waals surface area contributed by atoms with E-state index in [1.165, 1.54) is 12.1 Å². The molecule has 0 spiro atoms. The topological polar surface area (TPSA) is 86.1 Å². The van der Waals surface area contributed by atoms with Crippen LogP contribution in [-0.2, 0) is 9.47 Å². The minimum atomic E-state index is -1.24. The van der Waals surface area contributed by atoms with Gasteiger partial charge in [-0.2, -0.15) is 0 Å². The third-order valence-corrected chi connectivity index (χ3v) is 4.39. The molecule has 0 saturated carbocycles. The fourth-order valence-corrected chi connectivity index (χ4v) is 2.71. The summed E-state index contributed by atoms with van der Waals surface area (Å²) >= 11 is 6.08. The fraction of sp³-hybridized carbons (Fsp3) is 0.588. The number of nitrogen functional groups attached to an aromatic ring is 1. The van der Waals surface area contributed by atoms with E-state index in [0.29, 0.717) is 36.0 Å². The lowest BCUT2D eigenvalue weighted by Gasteiger charge is -2.25. The van der Waals surface area contributed by atoms with Gasteiger partial charge < -0.3 is 30.2 Å². The molecule has 0 radical (unpaired) electrons. The van der Waals surface area contributed by atoms with Crippen molar-refractivity contribution in [3.63, 3.8) is 0 Å². The number of hydrogen-bond donors (Lipinski definition) is 2. The zero-order valence-electron chi connectivity index (χ0n) is 14.9. The van der Waals surface area contributed by atoms with Gasteiger partial charge in [0.15, 0.2) is 0 Å². The molecule has 0 unspecified atom stereocenters. The summed E-state index contributed by atoms with van der Waals surface area (Å²) in [6.07, 6.45) is 0. The number of likely N-dealkylation sites (N-methyl/N-ethyl adjacent to an activating group) is 1. The first-order chi connectivity index (χ1) is 11.9. The summed E-state index contributed by atoms with van der Waals surface area (Å²) < 4.78 is 16.6. The second-order valence-corrected chi connectivity index (χ2v) is 6.22. The summed E-state index contributed by atoms with van der Waals surface area (Å²) in [5.41, 5.74) is 6.46. The SMILES string of the molecule is CCN(CC)CCNC(=O)c1cc(Cl)c(N)cc1OC1(C)OCCO1. The third-order valence-electron chi connectivity index (χ3n) is 4.06. The molecule has 1 aromatic rings. The first-order valence-corrected chi connectivity index (χ1v) is 8.82. The monoisotopic (exact) mass is 371 g/mol. The number of nitrogens with two attached hydrogens (primary N) is 1. The van der Waals surface area contributed by atoms with Crippen LogP contribution in [0.5, 0.6) is 5.75 Å². The number of amides is 1. The van der Waals surface area contributed by atoms with Gasteiger partial charge in [-0.15, -0.1) is 0 Å². The molecule has 1 saturated heterocycles. The smallest absolute Gasteiger partial charge is 0.324 e. The number of benzene rings is 1. The maximum Gasteiger partial charge on any atom is 0.324 e. The molecular formula is C17H26ClN3O4. The van der Waals surface area contributed by atoms with E-state index in [4.69, 9.17) is 31.5 Å². The number of carbonyl (C=O) groups excluding carboxylic acids is 1. The zero-order chi connectivity index (χ0) is 18.4. The standard InChI is InChI=1S/C17H26ClN3O4/c1-4-21(5-2)7-6-20-16(22)12-10-13(18)14(19)11-15(12)25-17(3)23-8-9-24-17/h10-11H,4-9,19H2,1-3H3,(H,20,22). The van der Waals surface area contributed by atoms with Crippen molar-refractivity contribution in [1.82, 2.24) is 10.2 Å². The quantitative estimate of drug-likeness (QED) is 0.680. The number of anilines is 1. The number of hydrogen-bond acceptors (Lipinski definition) is 6. The van der Waals surface area contributed by atoms with E-state index in [1.807, 2.05) is 0 Å². The molecule has 0 aromatic heterocycles. The number of rotatable bonds is 8. The second-order valence-electron chi connectivity index (χ2n) is 5.81. The Hall–Kier alpha value is -1.54. The van der Waals surface area contributed by atoms with Gasteiger partial charge in [0.25, 0.3) is 5.91 Å². The van der Waals surface area contributed by atoms with E-state index in [-0.39, 0.29) is 11.7 Å². The number of halogens is 1. The third kappa shape index (κ3) is 5.22. The van der Waals surface area contributed by atoms with Crippen LogP contribution in [0.4, 0.5) is 5.69 Å². The van der Waals surface area contributed by atoms with E-state index in [1.54, 1.807) is 6.92 Å². The molecule has 1 aromatic carbocycles. The van der Waals surface area contributed by atoms with Crippen LogP contribution in [0.25, 0.3) is 0 Å². The maximum absolute atomic E-state index is 12.6. The molecule has 2 rings (SSSR count). The molecule has 1 aliphatic heterocycles. The first kappa shape index (κ1) is 19.8. The van der Waals surface area contributed by atoms with Crippen molar-refractivity contribution >= 4 is 23.2 Å². The predicted molar refractivity (Wildman–Crippen MR) is 96.9 cm³/mol. The Bertz CT molecular complexity index is 602. The highest BCUT2D eigenvalue weighted by molar-refractivity contribution is 6.33. The largest absolute Gasteiger partial charge is 0.438 e. The van der Waals surface area contributed by atoms with Crippen molar-refractivity contribution in [2.45, 2.75) is 26.7 Å². The first-order valence-electron chi connectivity index (χ1n) is 8.45. The minimum Gasteiger partial charge on any atom is -0.438 e. The highest BCUT2D eigenvalue weighted by atomic mass is 35.5. The summed E-state index contributed by atoms with van der Waals surface area (Å²) in [5, 5.41) is 3.17. The van der Waals surface area contributed by atoms with Crippen LogP contribution in [0.1, 0.15) is 31.1 Å². The van der Waals surface area contributed by atoms with Gasteiger partial charge in [0.1, 0.15) is 5.75 Å². The summed E-state index contributed by atoms with van der Waals surface area (Å²) in [6.45, 7) is 9.80. The van der Waals surface area contributed by atoms with Crippen LogP contribution in [0, 0.1) is 0 Å². The molecule has 0 bridgehead atoms. The van der Waals surface area contributed by atoms with Gasteiger partial charge in [-0.05, 0) is 19.2 Å². The lowest BCUT2D eigenvalue weighted by molar-refractivity contribution is -0.272. The minimum absolute atomic E-state index is 0.270. The molecular weight excluding hydrogens is 346 g/mol. The van der Waals surface area contributed by atoms with E-state index in [0.717, 1.165) is 19.6 Å². The van der Waals surface area contributed by atoms with Crippen LogP contribution in [0.3, 0.4) is 0 Å². The molecule has 1 heterocycles. The average molecular weight is 372 g/mol. The molecule has 1 aliphatic rings. The Morgan fingerprint density at radius 2 is 2.00 bits per heavy atom. The summed E-state index contributed by atoms with van der Waals surface area (Å²) in [4.78, 5) is 14.8. The van der Waals surface area contributed by atoms with Crippen LogP contribution in [0.2, 0.25) is 5.02 Å². The van der Waals surface area contributed by atoms with Gasteiger partial charge in [0, 0.05) is 26.1 Å². The van der Waals surface area contributed by atoms with Crippen LogP contribution >= 0.6 is 11.6 Å². The van der Waals surface area contributed by atoms with Crippen LogP contribution < -0.4 is 15.8 Å². The molecule has 25 heavy (non-hydrogen) atoms. The predicted octanol–water partition coefficient (Wildman–Crippen LogP) is 2.09. The number of ether oxygens (including phenoxy) is 3. The van der Waals surface area contributed by atoms with Crippen molar-refractivity contribution < 1.29 is 19.0 Å². The molecule has 0 aliphatic carbocycles. The van der Waals surface area contributed by atoms with Crippen molar-refractivity contribution in [3.8, 4) is 5.75 Å². The Morgan fingerprint density at radius 1 is 1.36 bits per heavy atom. The molecule has 0 atom stereocenters. The van der Waals surface area contributed by atoms with Gasteiger partial charge in [-0.25, -0.2) is 0 Å². The van der Waals surface area contributed by atoms with Crippen LogP contribution in [-0.4, -0.2) is 56.2 Å². The van der Waals surface area contributed by atoms with Crippen LogP contribution in [0.15, 0.2) is 12.1 Å². The van der Waals surface area contributed by atoms with E-state index < -0.39 is 5.97 Å². The number of nitrogens with one attached hydrogen (secondary N) is 1. The lowest BCUT2D eigenvalue weighted by Crippen LogP contribution is -2.36. The maximum atomic E-state index is 12.6.